The molecule has 19 heavy (non-hydrogen) atoms. The number of amides is 1. The number of nitrogens with zero attached hydrogens (tertiary/aromatic N) is 1. The van der Waals surface area contributed by atoms with Gasteiger partial charge >= 0.3 is 0 Å². The van der Waals surface area contributed by atoms with Crippen molar-refractivity contribution in [1.29, 1.82) is 0 Å². The lowest BCUT2D eigenvalue weighted by Crippen LogP contribution is -2.12. The number of hydrogen-bond donors (Lipinski definition) is 1. The van der Waals surface area contributed by atoms with Crippen LogP contribution in [0.4, 0.5) is 5.69 Å². The van der Waals surface area contributed by atoms with Gasteiger partial charge in [0.15, 0.2) is 0 Å². The Hall–Kier alpha value is -2.16. The number of carbonyl (C=O) groups excluding carboxylic acids is 1. The summed E-state index contributed by atoms with van der Waals surface area (Å²) in [4.78, 5) is 15.9. The van der Waals surface area contributed by atoms with Crippen molar-refractivity contribution in [3.63, 3.8) is 0 Å². The third-order valence-corrected chi connectivity index (χ3v) is 2.88. The summed E-state index contributed by atoms with van der Waals surface area (Å²) < 4.78 is 0. The van der Waals surface area contributed by atoms with Gasteiger partial charge in [0.05, 0.1) is 11.9 Å². The Morgan fingerprint density at radius 2 is 2.00 bits per heavy atom. The average Bonchev–Trinajstić information content (AvgIpc) is 2.36. The third kappa shape index (κ3) is 4.21. The number of carbonyl (C=O) groups is 1. The SMILES string of the molecule is Cc1cccc(CCC(=O)Nc2cncc(C)c2)c1. The molecule has 2 rings (SSSR count). The molecular formula is C16H18N2O. The summed E-state index contributed by atoms with van der Waals surface area (Å²) in [6.07, 6.45) is 4.67. The molecule has 0 aliphatic carbocycles. The van der Waals surface area contributed by atoms with E-state index in [1.54, 1.807) is 12.4 Å². The van der Waals surface area contributed by atoms with E-state index in [9.17, 15) is 4.79 Å². The minimum absolute atomic E-state index is 0.0221. The molecular weight excluding hydrogens is 236 g/mol. The van der Waals surface area contributed by atoms with Crippen LogP contribution in [0.2, 0.25) is 0 Å². The molecule has 1 amide bonds. The second-order valence-corrected chi connectivity index (χ2v) is 4.79. The first-order valence-corrected chi connectivity index (χ1v) is 6.40. The van der Waals surface area contributed by atoms with Crippen molar-refractivity contribution in [3.8, 4) is 0 Å². The van der Waals surface area contributed by atoms with Crippen LogP contribution in [0.25, 0.3) is 0 Å². The van der Waals surface area contributed by atoms with Gasteiger partial charge in [-0.15, -0.1) is 0 Å². The Labute approximate surface area is 113 Å². The zero-order valence-corrected chi connectivity index (χ0v) is 11.3. The monoisotopic (exact) mass is 254 g/mol. The van der Waals surface area contributed by atoms with Crippen LogP contribution in [-0.4, -0.2) is 10.9 Å². The summed E-state index contributed by atoms with van der Waals surface area (Å²) in [5.41, 5.74) is 4.21. The number of benzene rings is 1. The topological polar surface area (TPSA) is 42.0 Å². The van der Waals surface area contributed by atoms with Gasteiger partial charge < -0.3 is 5.32 Å². The molecule has 0 bridgehead atoms. The maximum atomic E-state index is 11.8. The van der Waals surface area contributed by atoms with Crippen LogP contribution in [0.15, 0.2) is 42.7 Å². The Kier molecular flexibility index (Phi) is 4.29. The van der Waals surface area contributed by atoms with Gasteiger partial charge in [0.1, 0.15) is 0 Å². The lowest BCUT2D eigenvalue weighted by Gasteiger charge is -2.06. The Morgan fingerprint density at radius 3 is 2.74 bits per heavy atom. The first kappa shape index (κ1) is 13.3. The van der Waals surface area contributed by atoms with Crippen LogP contribution in [0.5, 0.6) is 0 Å². The highest BCUT2D eigenvalue weighted by Crippen LogP contribution is 2.10. The van der Waals surface area contributed by atoms with E-state index in [0.717, 1.165) is 17.7 Å². The standard InChI is InChI=1S/C16H18N2O/c1-12-4-3-5-14(8-12)6-7-16(19)18-15-9-13(2)10-17-11-15/h3-5,8-11H,6-7H2,1-2H3,(H,18,19). The molecule has 98 valence electrons. The highest BCUT2D eigenvalue weighted by molar-refractivity contribution is 5.90. The van der Waals surface area contributed by atoms with Gasteiger partial charge in [-0.3, -0.25) is 9.78 Å². The van der Waals surface area contributed by atoms with Crippen molar-refractivity contribution in [2.45, 2.75) is 26.7 Å². The Bertz CT molecular complexity index is 578. The lowest BCUT2D eigenvalue weighted by molar-refractivity contribution is -0.116. The van der Waals surface area contributed by atoms with E-state index >= 15 is 0 Å². The Morgan fingerprint density at radius 1 is 1.16 bits per heavy atom. The van der Waals surface area contributed by atoms with E-state index in [-0.39, 0.29) is 5.91 Å². The van der Waals surface area contributed by atoms with E-state index in [2.05, 4.69) is 35.4 Å². The highest BCUT2D eigenvalue weighted by atomic mass is 16.1. The second kappa shape index (κ2) is 6.14. The summed E-state index contributed by atoms with van der Waals surface area (Å²) in [7, 11) is 0. The molecule has 0 saturated carbocycles. The number of pyridine rings is 1. The first-order chi connectivity index (χ1) is 9.13. The molecule has 3 nitrogen and oxygen atoms in total. The second-order valence-electron chi connectivity index (χ2n) is 4.79. The maximum Gasteiger partial charge on any atom is 0.224 e. The quantitative estimate of drug-likeness (QED) is 0.909. The summed E-state index contributed by atoms with van der Waals surface area (Å²) >= 11 is 0. The fourth-order valence-electron chi connectivity index (χ4n) is 1.97. The Balaban J connectivity index is 1.88. The molecule has 1 aromatic carbocycles. The smallest absolute Gasteiger partial charge is 0.224 e. The van der Waals surface area contributed by atoms with Crippen LogP contribution in [0.1, 0.15) is 23.1 Å². The predicted octanol–water partition coefficient (Wildman–Crippen LogP) is 3.27. The zero-order chi connectivity index (χ0) is 13.7. The number of hydrogen-bond acceptors (Lipinski definition) is 2. The number of aromatic nitrogens is 1. The van der Waals surface area contributed by atoms with Crippen molar-refractivity contribution in [3.05, 3.63) is 59.4 Å². The van der Waals surface area contributed by atoms with E-state index < -0.39 is 0 Å². The van der Waals surface area contributed by atoms with E-state index in [1.165, 1.54) is 11.1 Å². The van der Waals surface area contributed by atoms with Crippen molar-refractivity contribution in [1.82, 2.24) is 4.98 Å². The normalized spacial score (nSPS) is 10.2. The number of aryl methyl sites for hydroxylation is 3. The fraction of sp³-hybridized carbons (Fsp3) is 0.250. The van der Waals surface area contributed by atoms with Crippen molar-refractivity contribution < 1.29 is 4.79 Å². The summed E-state index contributed by atoms with van der Waals surface area (Å²) in [6, 6.07) is 10.2. The minimum Gasteiger partial charge on any atom is -0.325 e. The lowest BCUT2D eigenvalue weighted by atomic mass is 10.1. The van der Waals surface area contributed by atoms with E-state index in [0.29, 0.717) is 6.42 Å². The zero-order valence-electron chi connectivity index (χ0n) is 11.3. The van der Waals surface area contributed by atoms with E-state index in [1.807, 2.05) is 19.1 Å². The van der Waals surface area contributed by atoms with Gasteiger partial charge in [-0.25, -0.2) is 0 Å². The first-order valence-electron chi connectivity index (χ1n) is 6.40. The van der Waals surface area contributed by atoms with Crippen molar-refractivity contribution >= 4 is 11.6 Å². The van der Waals surface area contributed by atoms with E-state index in [4.69, 9.17) is 0 Å². The van der Waals surface area contributed by atoms with Crippen molar-refractivity contribution in [2.75, 3.05) is 5.32 Å². The molecule has 0 saturated heterocycles. The number of nitrogens with one attached hydrogen (secondary N) is 1. The van der Waals surface area contributed by atoms with Crippen molar-refractivity contribution in [2.24, 2.45) is 0 Å². The maximum absolute atomic E-state index is 11.8. The molecule has 0 fully saturated rings. The summed E-state index contributed by atoms with van der Waals surface area (Å²) in [6.45, 7) is 4.01. The minimum atomic E-state index is 0.0221. The van der Waals surface area contributed by atoms with Crippen LogP contribution in [-0.2, 0) is 11.2 Å². The fourth-order valence-corrected chi connectivity index (χ4v) is 1.97. The van der Waals surface area contributed by atoms with Crippen LogP contribution < -0.4 is 5.32 Å². The number of rotatable bonds is 4. The molecule has 2 aromatic rings. The molecule has 0 aliphatic heterocycles. The van der Waals surface area contributed by atoms with Gasteiger partial charge in [-0.2, -0.15) is 0 Å². The molecule has 1 N–H and O–H groups in total. The average molecular weight is 254 g/mol. The van der Waals surface area contributed by atoms with Gasteiger partial charge in [-0.05, 0) is 37.5 Å². The highest BCUT2D eigenvalue weighted by Gasteiger charge is 2.03. The number of anilines is 1. The molecule has 0 spiro atoms. The molecule has 0 aliphatic rings. The molecule has 0 unspecified atom stereocenters. The molecule has 3 heteroatoms. The van der Waals surface area contributed by atoms with Gasteiger partial charge in [0.25, 0.3) is 0 Å². The summed E-state index contributed by atoms with van der Waals surface area (Å²) in [5, 5.41) is 2.87. The largest absolute Gasteiger partial charge is 0.325 e. The van der Waals surface area contributed by atoms with Crippen LogP contribution >= 0.6 is 0 Å². The van der Waals surface area contributed by atoms with Gasteiger partial charge in [-0.1, -0.05) is 29.8 Å². The van der Waals surface area contributed by atoms with Crippen LogP contribution in [0.3, 0.4) is 0 Å². The molecule has 0 radical (unpaired) electrons. The molecule has 1 aromatic heterocycles. The van der Waals surface area contributed by atoms with Gasteiger partial charge in [0, 0.05) is 12.6 Å². The summed E-state index contributed by atoms with van der Waals surface area (Å²) in [5.74, 6) is 0.0221. The third-order valence-electron chi connectivity index (χ3n) is 2.88. The predicted molar refractivity (Wildman–Crippen MR) is 77.1 cm³/mol. The van der Waals surface area contributed by atoms with Crippen LogP contribution in [0, 0.1) is 13.8 Å². The molecule has 0 atom stereocenters. The molecule has 1 heterocycles. The van der Waals surface area contributed by atoms with Gasteiger partial charge in [0.2, 0.25) is 5.91 Å².